The van der Waals surface area contributed by atoms with Crippen LogP contribution < -0.4 is 5.73 Å². The average molecular weight is 156 g/mol. The van der Waals surface area contributed by atoms with Crippen LogP contribution in [0.15, 0.2) is 11.3 Å². The summed E-state index contributed by atoms with van der Waals surface area (Å²) in [6.07, 6.45) is 0. The van der Waals surface area contributed by atoms with E-state index in [0.717, 1.165) is 0 Å². The van der Waals surface area contributed by atoms with E-state index >= 15 is 0 Å². The maximum Gasteiger partial charge on any atom is 0.289 e. The van der Waals surface area contributed by atoms with Crippen molar-refractivity contribution in [2.75, 3.05) is 13.6 Å². The van der Waals surface area contributed by atoms with E-state index in [1.54, 1.807) is 0 Å². The molecule has 1 heterocycles. The van der Waals surface area contributed by atoms with Crippen molar-refractivity contribution in [3.8, 4) is 0 Å². The second kappa shape index (κ2) is 2.26. The van der Waals surface area contributed by atoms with E-state index in [1.165, 1.54) is 11.9 Å². The van der Waals surface area contributed by atoms with Crippen LogP contribution in [-0.2, 0) is 9.59 Å². The standard InChI is InChI=1S/C6H8N2O3/c1-8-2-3(5(7)10)4(9)6(8)11/h9H,2H2,1H3,(H2,7,10). The fraction of sp³-hybridized carbons (Fsp3) is 0.333. The number of aliphatic hydroxyl groups excluding tert-OH is 1. The van der Waals surface area contributed by atoms with E-state index in [-0.39, 0.29) is 12.1 Å². The van der Waals surface area contributed by atoms with Gasteiger partial charge in [-0.05, 0) is 0 Å². The first-order valence-corrected chi connectivity index (χ1v) is 3.01. The van der Waals surface area contributed by atoms with Crippen molar-refractivity contribution in [1.82, 2.24) is 4.90 Å². The minimum absolute atomic E-state index is 0.0162. The lowest BCUT2D eigenvalue weighted by Crippen LogP contribution is -2.23. The molecule has 0 aromatic rings. The third-order valence-electron chi connectivity index (χ3n) is 1.53. The lowest BCUT2D eigenvalue weighted by atomic mass is 10.2. The molecule has 0 aliphatic carbocycles. The van der Waals surface area contributed by atoms with E-state index in [9.17, 15) is 9.59 Å². The molecule has 0 fully saturated rings. The van der Waals surface area contributed by atoms with Gasteiger partial charge in [-0.1, -0.05) is 0 Å². The number of amides is 2. The number of hydrogen-bond acceptors (Lipinski definition) is 3. The van der Waals surface area contributed by atoms with Gasteiger partial charge in [0, 0.05) is 7.05 Å². The normalized spacial score (nSPS) is 17.9. The number of likely N-dealkylation sites (N-methyl/N-ethyl adjacent to an activating group) is 1. The van der Waals surface area contributed by atoms with Crippen LogP contribution in [0.25, 0.3) is 0 Å². The molecular weight excluding hydrogens is 148 g/mol. The van der Waals surface area contributed by atoms with Crippen LogP contribution in [0.3, 0.4) is 0 Å². The van der Waals surface area contributed by atoms with E-state index in [4.69, 9.17) is 10.8 Å². The molecule has 0 aromatic heterocycles. The molecule has 1 aliphatic rings. The molecule has 3 N–H and O–H groups in total. The third-order valence-corrected chi connectivity index (χ3v) is 1.53. The quantitative estimate of drug-likeness (QED) is 0.497. The molecule has 11 heavy (non-hydrogen) atoms. The lowest BCUT2D eigenvalue weighted by Gasteiger charge is -2.05. The van der Waals surface area contributed by atoms with Gasteiger partial charge < -0.3 is 15.7 Å². The molecule has 0 atom stereocenters. The number of carbonyl (C=O) groups excluding carboxylic acids is 2. The van der Waals surface area contributed by atoms with Gasteiger partial charge in [0.15, 0.2) is 5.76 Å². The molecule has 0 aromatic carbocycles. The topological polar surface area (TPSA) is 83.6 Å². The Morgan fingerprint density at radius 2 is 2.27 bits per heavy atom. The van der Waals surface area contributed by atoms with E-state index in [1.807, 2.05) is 0 Å². The second-order valence-corrected chi connectivity index (χ2v) is 2.35. The summed E-state index contributed by atoms with van der Waals surface area (Å²) >= 11 is 0. The van der Waals surface area contributed by atoms with Gasteiger partial charge in [0.2, 0.25) is 5.91 Å². The van der Waals surface area contributed by atoms with Crippen LogP contribution in [-0.4, -0.2) is 35.4 Å². The van der Waals surface area contributed by atoms with Gasteiger partial charge in [-0.2, -0.15) is 0 Å². The van der Waals surface area contributed by atoms with E-state index in [0.29, 0.717) is 0 Å². The van der Waals surface area contributed by atoms with Gasteiger partial charge in [0.05, 0.1) is 12.1 Å². The fourth-order valence-electron chi connectivity index (χ4n) is 0.888. The minimum Gasteiger partial charge on any atom is -0.503 e. The summed E-state index contributed by atoms with van der Waals surface area (Å²) in [7, 11) is 1.48. The van der Waals surface area contributed by atoms with Crippen molar-refractivity contribution in [3.63, 3.8) is 0 Å². The highest BCUT2D eigenvalue weighted by Crippen LogP contribution is 2.13. The molecule has 0 unspecified atom stereocenters. The Bertz CT molecular complexity index is 257. The molecule has 0 bridgehead atoms. The van der Waals surface area contributed by atoms with Crippen molar-refractivity contribution in [3.05, 3.63) is 11.3 Å². The minimum atomic E-state index is -0.750. The summed E-state index contributed by atoms with van der Waals surface area (Å²) in [6.45, 7) is 0.0972. The Morgan fingerprint density at radius 3 is 2.45 bits per heavy atom. The fourth-order valence-corrected chi connectivity index (χ4v) is 0.888. The van der Waals surface area contributed by atoms with E-state index in [2.05, 4.69) is 0 Å². The first kappa shape index (κ1) is 7.59. The summed E-state index contributed by atoms with van der Waals surface area (Å²) < 4.78 is 0. The zero-order valence-corrected chi connectivity index (χ0v) is 6.00. The first-order valence-electron chi connectivity index (χ1n) is 3.01. The van der Waals surface area contributed by atoms with Gasteiger partial charge in [0.1, 0.15) is 0 Å². The Kier molecular flexibility index (Phi) is 1.56. The monoisotopic (exact) mass is 156 g/mol. The molecule has 5 heteroatoms. The number of rotatable bonds is 1. The molecule has 0 saturated carbocycles. The molecule has 0 saturated heterocycles. The van der Waals surface area contributed by atoms with E-state index < -0.39 is 17.6 Å². The highest BCUT2D eigenvalue weighted by molar-refractivity contribution is 6.06. The number of carbonyl (C=O) groups is 2. The lowest BCUT2D eigenvalue weighted by molar-refractivity contribution is -0.126. The molecule has 0 spiro atoms. The van der Waals surface area contributed by atoms with Crippen molar-refractivity contribution in [1.29, 1.82) is 0 Å². The zero-order chi connectivity index (χ0) is 8.59. The van der Waals surface area contributed by atoms with Crippen molar-refractivity contribution in [2.45, 2.75) is 0 Å². The molecular formula is C6H8N2O3. The SMILES string of the molecule is CN1CC(C(N)=O)=C(O)C1=O. The largest absolute Gasteiger partial charge is 0.503 e. The average Bonchev–Trinajstić information content (AvgIpc) is 2.17. The molecule has 0 radical (unpaired) electrons. The number of hydrogen-bond donors (Lipinski definition) is 2. The maximum atomic E-state index is 10.8. The molecule has 1 rings (SSSR count). The van der Waals surface area contributed by atoms with Gasteiger partial charge >= 0.3 is 0 Å². The van der Waals surface area contributed by atoms with Crippen molar-refractivity contribution in [2.24, 2.45) is 5.73 Å². The maximum absolute atomic E-state index is 10.8. The summed E-state index contributed by atoms with van der Waals surface area (Å²) in [4.78, 5) is 22.6. The van der Waals surface area contributed by atoms with Crippen LogP contribution in [0, 0.1) is 0 Å². The van der Waals surface area contributed by atoms with Gasteiger partial charge in [0.25, 0.3) is 5.91 Å². The zero-order valence-electron chi connectivity index (χ0n) is 6.00. The Balaban J connectivity index is 2.98. The predicted molar refractivity (Wildman–Crippen MR) is 36.5 cm³/mol. The Morgan fingerprint density at radius 1 is 1.73 bits per heavy atom. The van der Waals surface area contributed by atoms with Gasteiger partial charge in [-0.3, -0.25) is 9.59 Å². The number of nitrogens with zero attached hydrogens (tertiary/aromatic N) is 1. The Labute approximate surface area is 63.1 Å². The number of aliphatic hydroxyl groups is 1. The smallest absolute Gasteiger partial charge is 0.289 e. The molecule has 60 valence electrons. The molecule has 2 amide bonds. The van der Waals surface area contributed by atoms with Gasteiger partial charge in [-0.25, -0.2) is 0 Å². The van der Waals surface area contributed by atoms with Gasteiger partial charge in [-0.15, -0.1) is 0 Å². The predicted octanol–water partition coefficient (Wildman–Crippen LogP) is -1.24. The molecule has 5 nitrogen and oxygen atoms in total. The number of primary amides is 1. The second-order valence-electron chi connectivity index (χ2n) is 2.35. The van der Waals surface area contributed by atoms with Crippen LogP contribution in [0.5, 0.6) is 0 Å². The Hall–Kier alpha value is -1.52. The third kappa shape index (κ3) is 1.04. The van der Waals surface area contributed by atoms with Crippen LogP contribution in [0.2, 0.25) is 0 Å². The van der Waals surface area contributed by atoms with Crippen LogP contribution in [0.4, 0.5) is 0 Å². The van der Waals surface area contributed by atoms with Crippen LogP contribution >= 0.6 is 0 Å². The highest BCUT2D eigenvalue weighted by Gasteiger charge is 2.29. The van der Waals surface area contributed by atoms with Crippen molar-refractivity contribution >= 4 is 11.8 Å². The van der Waals surface area contributed by atoms with Crippen molar-refractivity contribution < 1.29 is 14.7 Å². The highest BCUT2D eigenvalue weighted by atomic mass is 16.3. The van der Waals surface area contributed by atoms with Crippen LogP contribution in [0.1, 0.15) is 0 Å². The summed E-state index contributed by atoms with van der Waals surface area (Å²) in [5, 5.41) is 8.99. The number of nitrogens with two attached hydrogens (primary N) is 1. The molecule has 1 aliphatic heterocycles. The summed E-state index contributed by atoms with van der Waals surface area (Å²) in [6, 6.07) is 0. The first-order chi connectivity index (χ1) is 5.04. The summed E-state index contributed by atoms with van der Waals surface area (Å²) in [5.41, 5.74) is 4.86. The summed E-state index contributed by atoms with van der Waals surface area (Å²) in [5.74, 6) is -1.83.